The number of hydrogen-bond acceptors (Lipinski definition) is 3. The van der Waals surface area contributed by atoms with Crippen LogP contribution in [0.3, 0.4) is 0 Å². The fraction of sp³-hybridized carbons (Fsp3) is 0.319. The summed E-state index contributed by atoms with van der Waals surface area (Å²) in [6, 6.07) is 35.1. The monoisotopic (exact) mass is 881 g/mol. The van der Waals surface area contributed by atoms with Crippen LogP contribution in [0, 0.1) is 38.8 Å². The van der Waals surface area contributed by atoms with Crippen LogP contribution in [0.5, 0.6) is 11.5 Å². The molecule has 0 radical (unpaired) electrons. The zero-order valence-corrected chi connectivity index (χ0v) is 34.9. The summed E-state index contributed by atoms with van der Waals surface area (Å²) in [5.41, 5.74) is 12.4. The van der Waals surface area contributed by atoms with E-state index in [0.29, 0.717) is 23.3 Å². The number of rotatable bonds is 9. The zero-order valence-electron chi connectivity index (χ0n) is 32.7. The van der Waals surface area contributed by atoms with Crippen molar-refractivity contribution in [3.05, 3.63) is 131 Å². The summed E-state index contributed by atoms with van der Waals surface area (Å²) in [4.78, 5) is 4.82. The van der Waals surface area contributed by atoms with E-state index in [4.69, 9.17) is 14.8 Å². The Kier molecular flexibility index (Phi) is 10.9. The Morgan fingerprint density at radius 3 is 2.21 bits per heavy atom. The molecule has 53 heavy (non-hydrogen) atoms. The molecule has 0 saturated carbocycles. The standard InChI is InChI=1S/C47H50N4O.Pt/c1-29(2)18-21-42-46(45-31(5)14-13-15-32(45)6)33(7)49-51(42)36-25-35(47(8,9)10)26-38(27-36)52-37-19-20-40-39-16-11-12-17-41(39)50(43(40)28-37)44-24-34(30(3)4)22-23-48-44;/h11-17,19-20,22-26,29-30H,18,21H2,1-10H3;/q-2;+2. The van der Waals surface area contributed by atoms with Crippen LogP contribution in [0.4, 0.5) is 0 Å². The average molecular weight is 882 g/mol. The van der Waals surface area contributed by atoms with Crippen LogP contribution in [-0.4, -0.2) is 19.3 Å². The normalized spacial score (nSPS) is 11.9. The van der Waals surface area contributed by atoms with Gasteiger partial charge in [-0.05, 0) is 102 Å². The maximum Gasteiger partial charge on any atom is 2.00 e. The van der Waals surface area contributed by atoms with Crippen LogP contribution >= 0.6 is 0 Å². The van der Waals surface area contributed by atoms with E-state index < -0.39 is 0 Å². The van der Waals surface area contributed by atoms with E-state index in [1.54, 1.807) is 0 Å². The Morgan fingerprint density at radius 2 is 1.51 bits per heavy atom. The molecule has 274 valence electrons. The summed E-state index contributed by atoms with van der Waals surface area (Å²) in [5.74, 6) is 3.08. The molecule has 6 heteroatoms. The predicted octanol–water partition coefficient (Wildman–Crippen LogP) is 12.4. The van der Waals surface area contributed by atoms with E-state index in [1.807, 2.05) is 12.3 Å². The summed E-state index contributed by atoms with van der Waals surface area (Å²) in [6.07, 6.45) is 3.87. The van der Waals surface area contributed by atoms with E-state index in [0.717, 1.165) is 57.4 Å². The van der Waals surface area contributed by atoms with Crippen molar-refractivity contribution < 1.29 is 25.8 Å². The molecule has 0 spiro atoms. The Hall–Kier alpha value is -4.47. The second-order valence-corrected chi connectivity index (χ2v) is 16.0. The fourth-order valence-electron chi connectivity index (χ4n) is 7.30. The summed E-state index contributed by atoms with van der Waals surface area (Å²) in [6.45, 7) is 22.2. The van der Waals surface area contributed by atoms with Gasteiger partial charge in [-0.1, -0.05) is 90.4 Å². The number of para-hydroxylation sites is 1. The van der Waals surface area contributed by atoms with Gasteiger partial charge in [0, 0.05) is 34.5 Å². The molecule has 4 aromatic carbocycles. The van der Waals surface area contributed by atoms with E-state index in [-0.39, 0.29) is 26.5 Å². The minimum Gasteiger partial charge on any atom is -0.509 e. The number of pyridine rings is 1. The summed E-state index contributed by atoms with van der Waals surface area (Å²) in [5, 5.41) is 7.49. The van der Waals surface area contributed by atoms with Gasteiger partial charge in [0.15, 0.2) is 0 Å². The first kappa shape index (κ1) is 38.3. The van der Waals surface area contributed by atoms with Gasteiger partial charge in [-0.25, -0.2) is 4.98 Å². The zero-order chi connectivity index (χ0) is 36.9. The first-order chi connectivity index (χ1) is 24.8. The van der Waals surface area contributed by atoms with Crippen LogP contribution in [-0.2, 0) is 32.9 Å². The molecule has 3 heterocycles. The van der Waals surface area contributed by atoms with E-state index in [1.165, 1.54) is 33.5 Å². The molecule has 0 aliphatic heterocycles. The number of fused-ring (bicyclic) bond motifs is 3. The molecule has 0 unspecified atom stereocenters. The number of hydrogen-bond donors (Lipinski definition) is 0. The molecule has 3 aromatic heterocycles. The molecule has 0 bridgehead atoms. The van der Waals surface area contributed by atoms with Gasteiger partial charge in [0.25, 0.3) is 0 Å². The second-order valence-electron chi connectivity index (χ2n) is 16.0. The summed E-state index contributed by atoms with van der Waals surface area (Å²) < 4.78 is 11.1. The maximum absolute atomic E-state index is 6.75. The summed E-state index contributed by atoms with van der Waals surface area (Å²) in [7, 11) is 0. The van der Waals surface area contributed by atoms with Crippen LogP contribution in [0.15, 0.2) is 85.1 Å². The average Bonchev–Trinajstić information content (AvgIpc) is 3.60. The SMILES string of the molecule is Cc1cccc(C)c1-c1c(C)nn(-c2[c-]c(Oc3[c-]c4c(cc3)c3ccccc3n4-c3cc(C(C)C)ccn3)cc(C(C)(C)C)c2)c1CCC(C)C.[Pt+2]. The number of aromatic nitrogens is 4. The van der Waals surface area contributed by atoms with Crippen molar-refractivity contribution >= 4 is 21.8 Å². The van der Waals surface area contributed by atoms with Crippen molar-refractivity contribution in [1.29, 1.82) is 0 Å². The largest absolute Gasteiger partial charge is 2.00 e. The fourth-order valence-corrected chi connectivity index (χ4v) is 7.30. The van der Waals surface area contributed by atoms with Crippen molar-refractivity contribution in [3.8, 4) is 34.1 Å². The smallest absolute Gasteiger partial charge is 0.509 e. The first-order valence-corrected chi connectivity index (χ1v) is 18.6. The Labute approximate surface area is 329 Å². The van der Waals surface area contributed by atoms with Crippen molar-refractivity contribution in [2.75, 3.05) is 0 Å². The van der Waals surface area contributed by atoms with Gasteiger partial charge in [0.05, 0.1) is 5.69 Å². The van der Waals surface area contributed by atoms with E-state index in [9.17, 15) is 0 Å². The van der Waals surface area contributed by atoms with Crippen LogP contribution in [0.25, 0.3) is 44.4 Å². The number of ether oxygens (including phenoxy) is 1. The second kappa shape index (κ2) is 15.1. The van der Waals surface area contributed by atoms with Gasteiger partial charge in [-0.3, -0.25) is 4.68 Å². The van der Waals surface area contributed by atoms with Gasteiger partial charge in [-0.2, -0.15) is 11.2 Å². The van der Waals surface area contributed by atoms with Gasteiger partial charge < -0.3 is 9.30 Å². The van der Waals surface area contributed by atoms with Gasteiger partial charge in [-0.15, -0.1) is 41.3 Å². The topological polar surface area (TPSA) is 44.9 Å². The Bertz CT molecular complexity index is 2400. The van der Waals surface area contributed by atoms with Crippen molar-refractivity contribution in [1.82, 2.24) is 19.3 Å². The van der Waals surface area contributed by atoms with E-state index in [2.05, 4.69) is 163 Å². The molecule has 7 aromatic rings. The molecule has 0 aliphatic carbocycles. The van der Waals surface area contributed by atoms with Crippen molar-refractivity contribution in [3.63, 3.8) is 0 Å². The van der Waals surface area contributed by atoms with Crippen LogP contribution in [0.1, 0.15) is 94.4 Å². The number of benzene rings is 4. The quantitative estimate of drug-likeness (QED) is 0.136. The molecule has 7 rings (SSSR count). The molecule has 0 atom stereocenters. The van der Waals surface area contributed by atoms with Crippen molar-refractivity contribution in [2.45, 2.75) is 93.4 Å². The third kappa shape index (κ3) is 7.51. The first-order valence-electron chi connectivity index (χ1n) is 18.6. The predicted molar refractivity (Wildman–Crippen MR) is 215 cm³/mol. The molecule has 0 amide bonds. The number of nitrogens with zero attached hydrogens (tertiary/aromatic N) is 4. The molecule has 0 fully saturated rings. The maximum atomic E-state index is 6.75. The van der Waals surface area contributed by atoms with E-state index >= 15 is 0 Å². The minimum absolute atomic E-state index is 0. The number of aryl methyl sites for hydroxylation is 3. The Balaban J connectivity index is 0.00000481. The van der Waals surface area contributed by atoms with Crippen LogP contribution < -0.4 is 4.74 Å². The molecular formula is C47H50N4OPt. The summed E-state index contributed by atoms with van der Waals surface area (Å²) >= 11 is 0. The molecule has 0 aliphatic rings. The van der Waals surface area contributed by atoms with Crippen LogP contribution in [0.2, 0.25) is 0 Å². The third-order valence-corrected chi connectivity index (χ3v) is 10.2. The minimum atomic E-state index is -0.134. The van der Waals surface area contributed by atoms with Gasteiger partial charge in [0.2, 0.25) is 0 Å². The molecule has 5 nitrogen and oxygen atoms in total. The van der Waals surface area contributed by atoms with Gasteiger partial charge in [0.1, 0.15) is 5.82 Å². The molecule has 0 saturated heterocycles. The third-order valence-electron chi connectivity index (χ3n) is 10.2. The molecular weight excluding hydrogens is 832 g/mol. The van der Waals surface area contributed by atoms with Crippen molar-refractivity contribution in [2.24, 2.45) is 5.92 Å². The Morgan fingerprint density at radius 1 is 0.774 bits per heavy atom. The van der Waals surface area contributed by atoms with Gasteiger partial charge >= 0.3 is 21.1 Å². The molecule has 0 N–H and O–H groups in total.